The lowest BCUT2D eigenvalue weighted by molar-refractivity contribution is 0.0681. The first-order chi connectivity index (χ1) is 12.0. The van der Waals surface area contributed by atoms with Crippen molar-refractivity contribution in [2.45, 2.75) is 57.7 Å². The molecule has 1 aromatic carbocycles. The van der Waals surface area contributed by atoms with E-state index in [1.807, 2.05) is 43.1 Å². The number of fused-ring (bicyclic) bond motifs is 2. The number of carbonyl (C=O) groups is 1. The maximum Gasteiger partial charge on any atom is 0.255 e. The fraction of sp³-hybridized carbons (Fsp3) is 0.476. The second-order valence-corrected chi connectivity index (χ2v) is 7.63. The van der Waals surface area contributed by atoms with Gasteiger partial charge < -0.3 is 14.8 Å². The highest BCUT2D eigenvalue weighted by Gasteiger charge is 2.37. The Balaban J connectivity index is 0.00000196. The number of piperidine rings is 1. The minimum absolute atomic E-state index is 0. The standard InChI is InChI=1S/C21H27N3O.ClH/c1-14-11-20(15(2)24(14)18-7-5-4-6-8-18)21(25)23(3)19-12-16-9-10-17(13-19)22-16;/h4-8,11,16-17,19,22H,9-10,12-13H2,1-3H3;1H. The molecule has 0 aliphatic carbocycles. The number of halogens is 1. The van der Waals surface area contributed by atoms with E-state index in [0.29, 0.717) is 18.1 Å². The summed E-state index contributed by atoms with van der Waals surface area (Å²) < 4.78 is 2.17. The van der Waals surface area contributed by atoms with Crippen molar-refractivity contribution >= 4 is 18.3 Å². The predicted octanol–water partition coefficient (Wildman–Crippen LogP) is 3.87. The summed E-state index contributed by atoms with van der Waals surface area (Å²) in [5.74, 6) is 0.154. The van der Waals surface area contributed by atoms with Crippen molar-refractivity contribution < 1.29 is 4.79 Å². The van der Waals surface area contributed by atoms with E-state index >= 15 is 0 Å². The fourth-order valence-electron chi connectivity index (χ4n) is 4.65. The van der Waals surface area contributed by atoms with Gasteiger partial charge >= 0.3 is 0 Å². The van der Waals surface area contributed by atoms with Gasteiger partial charge in [0.15, 0.2) is 0 Å². The molecule has 1 aromatic heterocycles. The molecule has 4 nitrogen and oxygen atoms in total. The first kappa shape index (κ1) is 19.0. The summed E-state index contributed by atoms with van der Waals surface area (Å²) in [5, 5.41) is 3.66. The Kier molecular flexibility index (Phi) is 5.44. The molecule has 2 saturated heterocycles. The quantitative estimate of drug-likeness (QED) is 0.886. The SMILES string of the molecule is Cc1cc(C(=O)N(C)C2CC3CCC(C2)N3)c(C)n1-c1ccccc1.Cl. The molecule has 5 heteroatoms. The van der Waals surface area contributed by atoms with Gasteiger partial charge in [-0.2, -0.15) is 0 Å². The molecular formula is C21H28ClN3O. The third-order valence-corrected chi connectivity index (χ3v) is 5.99. The van der Waals surface area contributed by atoms with Crippen molar-refractivity contribution in [3.8, 4) is 5.69 Å². The van der Waals surface area contributed by atoms with E-state index in [2.05, 4.69) is 28.9 Å². The second-order valence-electron chi connectivity index (χ2n) is 7.63. The average Bonchev–Trinajstić information content (AvgIpc) is 3.12. The van der Waals surface area contributed by atoms with Crippen LogP contribution in [0.4, 0.5) is 0 Å². The van der Waals surface area contributed by atoms with Crippen LogP contribution in [0.3, 0.4) is 0 Å². The molecule has 2 aromatic rings. The number of rotatable bonds is 3. The number of aromatic nitrogens is 1. The molecule has 0 saturated carbocycles. The van der Waals surface area contributed by atoms with Crippen LogP contribution in [0.2, 0.25) is 0 Å². The van der Waals surface area contributed by atoms with E-state index in [1.165, 1.54) is 12.8 Å². The van der Waals surface area contributed by atoms with Crippen molar-refractivity contribution in [2.24, 2.45) is 0 Å². The number of carbonyl (C=O) groups excluding carboxylic acids is 1. The summed E-state index contributed by atoms with van der Waals surface area (Å²) in [6.07, 6.45) is 4.67. The summed E-state index contributed by atoms with van der Waals surface area (Å²) in [7, 11) is 1.98. The maximum absolute atomic E-state index is 13.2. The van der Waals surface area contributed by atoms with Crippen LogP contribution in [0.5, 0.6) is 0 Å². The first-order valence-electron chi connectivity index (χ1n) is 9.32. The van der Waals surface area contributed by atoms with Crippen LogP contribution in [0.15, 0.2) is 36.4 Å². The molecule has 2 atom stereocenters. The Morgan fingerprint density at radius 3 is 2.35 bits per heavy atom. The van der Waals surface area contributed by atoms with Gasteiger partial charge in [0.25, 0.3) is 5.91 Å². The van der Waals surface area contributed by atoms with Gasteiger partial charge in [-0.3, -0.25) is 4.79 Å². The Labute approximate surface area is 162 Å². The normalized spacial score (nSPS) is 24.2. The summed E-state index contributed by atoms with van der Waals surface area (Å²) >= 11 is 0. The molecule has 2 bridgehead atoms. The zero-order valence-electron chi connectivity index (χ0n) is 15.7. The lowest BCUT2D eigenvalue weighted by Gasteiger charge is -2.35. The molecule has 3 heterocycles. The molecule has 26 heavy (non-hydrogen) atoms. The highest BCUT2D eigenvalue weighted by atomic mass is 35.5. The molecule has 0 radical (unpaired) electrons. The maximum atomic E-state index is 13.2. The predicted molar refractivity (Wildman–Crippen MR) is 108 cm³/mol. The second kappa shape index (κ2) is 7.45. The zero-order valence-corrected chi connectivity index (χ0v) is 16.6. The number of benzene rings is 1. The third-order valence-electron chi connectivity index (χ3n) is 5.99. The molecule has 2 aliphatic rings. The number of para-hydroxylation sites is 1. The molecule has 1 N–H and O–H groups in total. The number of hydrogen-bond donors (Lipinski definition) is 1. The van der Waals surface area contributed by atoms with Crippen LogP contribution in [0.1, 0.15) is 47.4 Å². The Bertz CT molecular complexity index is 774. The van der Waals surface area contributed by atoms with Crippen LogP contribution in [0.25, 0.3) is 5.69 Å². The van der Waals surface area contributed by atoms with Gasteiger partial charge in [0, 0.05) is 42.2 Å². The monoisotopic (exact) mass is 373 g/mol. The van der Waals surface area contributed by atoms with E-state index < -0.39 is 0 Å². The molecular weight excluding hydrogens is 346 g/mol. The molecule has 4 rings (SSSR count). The van der Waals surface area contributed by atoms with Gasteiger partial charge in [-0.1, -0.05) is 18.2 Å². The van der Waals surface area contributed by atoms with Crippen LogP contribution in [-0.2, 0) is 0 Å². The van der Waals surface area contributed by atoms with Crippen molar-refractivity contribution in [1.82, 2.24) is 14.8 Å². The first-order valence-corrected chi connectivity index (χ1v) is 9.32. The van der Waals surface area contributed by atoms with Crippen molar-refractivity contribution in [3.63, 3.8) is 0 Å². The van der Waals surface area contributed by atoms with Gasteiger partial charge in [0.05, 0.1) is 5.56 Å². The summed E-state index contributed by atoms with van der Waals surface area (Å²) in [6.45, 7) is 4.12. The van der Waals surface area contributed by atoms with Crippen molar-refractivity contribution in [3.05, 3.63) is 53.3 Å². The van der Waals surface area contributed by atoms with E-state index in [1.54, 1.807) is 0 Å². The minimum atomic E-state index is 0. The third kappa shape index (κ3) is 3.28. The number of hydrogen-bond acceptors (Lipinski definition) is 2. The molecule has 140 valence electrons. The lowest BCUT2D eigenvalue weighted by Crippen LogP contribution is -2.48. The molecule has 0 spiro atoms. The zero-order chi connectivity index (χ0) is 17.6. The molecule has 2 aliphatic heterocycles. The summed E-state index contributed by atoms with van der Waals surface area (Å²) in [6, 6.07) is 13.8. The van der Waals surface area contributed by atoms with Crippen LogP contribution in [0, 0.1) is 13.8 Å². The van der Waals surface area contributed by atoms with E-state index in [9.17, 15) is 4.79 Å². The smallest absolute Gasteiger partial charge is 0.255 e. The lowest BCUT2D eigenvalue weighted by atomic mass is 9.98. The number of aryl methyl sites for hydroxylation is 1. The highest BCUT2D eigenvalue weighted by molar-refractivity contribution is 5.96. The summed E-state index contributed by atoms with van der Waals surface area (Å²) in [5.41, 5.74) is 4.07. The Hall–Kier alpha value is -1.78. The van der Waals surface area contributed by atoms with Crippen LogP contribution >= 0.6 is 12.4 Å². The number of nitrogens with one attached hydrogen (secondary N) is 1. The largest absolute Gasteiger partial charge is 0.339 e. The van der Waals surface area contributed by atoms with E-state index in [4.69, 9.17) is 0 Å². The van der Waals surface area contributed by atoms with Gasteiger partial charge in [0.1, 0.15) is 0 Å². The van der Waals surface area contributed by atoms with Gasteiger partial charge in [0.2, 0.25) is 0 Å². The van der Waals surface area contributed by atoms with Crippen molar-refractivity contribution in [2.75, 3.05) is 7.05 Å². The molecule has 1 amide bonds. The van der Waals surface area contributed by atoms with Gasteiger partial charge in [-0.05, 0) is 57.7 Å². The Morgan fingerprint density at radius 1 is 1.12 bits per heavy atom. The van der Waals surface area contributed by atoms with Gasteiger partial charge in [-0.25, -0.2) is 0 Å². The number of amides is 1. The fourth-order valence-corrected chi connectivity index (χ4v) is 4.65. The summed E-state index contributed by atoms with van der Waals surface area (Å²) in [4.78, 5) is 15.2. The van der Waals surface area contributed by atoms with Crippen molar-refractivity contribution in [1.29, 1.82) is 0 Å². The van der Waals surface area contributed by atoms with Gasteiger partial charge in [-0.15, -0.1) is 12.4 Å². The molecule has 2 fully saturated rings. The topological polar surface area (TPSA) is 37.3 Å². The van der Waals surface area contributed by atoms with E-state index in [-0.39, 0.29) is 18.3 Å². The van der Waals surface area contributed by atoms with Crippen LogP contribution in [-0.4, -0.2) is 40.5 Å². The highest BCUT2D eigenvalue weighted by Crippen LogP contribution is 2.30. The Morgan fingerprint density at radius 2 is 1.73 bits per heavy atom. The number of nitrogens with zero attached hydrogens (tertiary/aromatic N) is 2. The minimum Gasteiger partial charge on any atom is -0.339 e. The average molecular weight is 374 g/mol. The molecule has 2 unspecified atom stereocenters. The van der Waals surface area contributed by atoms with Crippen LogP contribution < -0.4 is 5.32 Å². The van der Waals surface area contributed by atoms with E-state index in [0.717, 1.165) is 35.5 Å².